The number of nitrogens with zero attached hydrogens (tertiary/aromatic N) is 1. The van der Waals surface area contributed by atoms with Gasteiger partial charge in [-0.2, -0.15) is 13.2 Å². The van der Waals surface area contributed by atoms with Crippen LogP contribution in [0.25, 0.3) is 0 Å². The Morgan fingerprint density at radius 3 is 2.65 bits per heavy atom. The number of nitrogens with one attached hydrogen (secondary N) is 1. The van der Waals surface area contributed by atoms with Crippen molar-refractivity contribution in [2.75, 3.05) is 26.8 Å². The van der Waals surface area contributed by atoms with Crippen LogP contribution in [0.3, 0.4) is 0 Å². The lowest BCUT2D eigenvalue weighted by Gasteiger charge is -2.17. The summed E-state index contributed by atoms with van der Waals surface area (Å²) < 4.78 is 46.4. The second-order valence-electron chi connectivity index (χ2n) is 5.82. The lowest BCUT2D eigenvalue weighted by molar-refractivity contribution is -0.153. The average molecular weight is 376 g/mol. The Labute approximate surface area is 147 Å². The molecule has 2 rings (SSSR count). The van der Waals surface area contributed by atoms with E-state index in [0.29, 0.717) is 18.5 Å². The third-order valence-electron chi connectivity index (χ3n) is 3.89. The van der Waals surface area contributed by atoms with Gasteiger partial charge in [0.05, 0.1) is 13.0 Å². The maximum Gasteiger partial charge on any atom is 0.422 e. The van der Waals surface area contributed by atoms with Gasteiger partial charge in [0.25, 0.3) is 0 Å². The lowest BCUT2D eigenvalue weighted by atomic mass is 10.1. The van der Waals surface area contributed by atoms with Gasteiger partial charge in [0.1, 0.15) is 0 Å². The molecule has 2 amide bonds. The smallest absolute Gasteiger partial charge is 0.422 e. The molecular formula is C16H19F3N2O5. The molecule has 1 heterocycles. The average Bonchev–Trinajstić information content (AvgIpc) is 3.07. The normalized spacial score (nSPS) is 17.1. The minimum atomic E-state index is -4.46. The number of ether oxygens (including phenoxy) is 2. The van der Waals surface area contributed by atoms with Crippen LogP contribution >= 0.6 is 0 Å². The topological polar surface area (TPSA) is 88.1 Å². The molecule has 1 aromatic rings. The highest BCUT2D eigenvalue weighted by atomic mass is 19.4. The summed E-state index contributed by atoms with van der Waals surface area (Å²) >= 11 is 0. The maximum atomic E-state index is 12.2. The first kappa shape index (κ1) is 19.7. The first-order valence-electron chi connectivity index (χ1n) is 7.81. The molecule has 1 aromatic carbocycles. The Morgan fingerprint density at radius 2 is 2.08 bits per heavy atom. The number of likely N-dealkylation sites (tertiary alicyclic amines) is 1. The van der Waals surface area contributed by atoms with Crippen molar-refractivity contribution in [2.45, 2.75) is 19.1 Å². The number of methoxy groups -OCH3 is 1. The van der Waals surface area contributed by atoms with Crippen LogP contribution in [-0.4, -0.2) is 55.0 Å². The van der Waals surface area contributed by atoms with Crippen LogP contribution in [0.2, 0.25) is 0 Å². The number of carbonyl (C=O) groups excluding carboxylic acids is 1. The van der Waals surface area contributed by atoms with Gasteiger partial charge < -0.3 is 24.8 Å². The van der Waals surface area contributed by atoms with E-state index in [1.807, 2.05) is 0 Å². The Morgan fingerprint density at radius 1 is 1.35 bits per heavy atom. The summed E-state index contributed by atoms with van der Waals surface area (Å²) in [6, 6.07) is 3.92. The molecule has 1 aliphatic heterocycles. The fraction of sp³-hybridized carbons (Fsp3) is 0.500. The van der Waals surface area contributed by atoms with Crippen LogP contribution in [0.5, 0.6) is 11.5 Å². The van der Waals surface area contributed by atoms with Gasteiger partial charge in [0, 0.05) is 19.6 Å². The SMILES string of the molecule is COc1cc(CNC(=O)N2CCC(C(=O)O)C2)ccc1OCC(F)(F)F. The second-order valence-corrected chi connectivity index (χ2v) is 5.82. The van der Waals surface area contributed by atoms with Crippen molar-refractivity contribution in [3.05, 3.63) is 23.8 Å². The van der Waals surface area contributed by atoms with E-state index in [1.165, 1.54) is 30.2 Å². The molecule has 0 aromatic heterocycles. The minimum Gasteiger partial charge on any atom is -0.493 e. The largest absolute Gasteiger partial charge is 0.493 e. The number of rotatable bonds is 6. The molecule has 1 saturated heterocycles. The van der Waals surface area contributed by atoms with Crippen LogP contribution in [0.15, 0.2) is 18.2 Å². The van der Waals surface area contributed by atoms with Crippen molar-refractivity contribution in [1.29, 1.82) is 0 Å². The molecule has 1 aliphatic rings. The van der Waals surface area contributed by atoms with Crippen LogP contribution in [0.4, 0.5) is 18.0 Å². The summed E-state index contributed by atoms with van der Waals surface area (Å²) in [4.78, 5) is 24.4. The summed E-state index contributed by atoms with van der Waals surface area (Å²) in [6.07, 6.45) is -4.05. The van der Waals surface area contributed by atoms with E-state index in [0.717, 1.165) is 0 Å². The predicted octanol–water partition coefficient (Wildman–Crippen LogP) is 2.25. The number of amides is 2. The van der Waals surface area contributed by atoms with E-state index >= 15 is 0 Å². The number of hydrogen-bond donors (Lipinski definition) is 2. The van der Waals surface area contributed by atoms with Crippen molar-refractivity contribution in [2.24, 2.45) is 5.92 Å². The highest BCUT2D eigenvalue weighted by molar-refractivity contribution is 5.77. The number of aliphatic carboxylic acids is 1. The lowest BCUT2D eigenvalue weighted by Crippen LogP contribution is -2.38. The fourth-order valence-electron chi connectivity index (χ4n) is 2.54. The standard InChI is InChI=1S/C16H19F3N2O5/c1-25-13-6-10(2-3-12(13)26-9-16(17,18)19)7-20-15(24)21-5-4-11(8-21)14(22)23/h2-3,6,11H,4-5,7-9H2,1H3,(H,20,24)(H,22,23). The number of hydrogen-bond acceptors (Lipinski definition) is 4. The number of alkyl halides is 3. The van der Waals surface area contributed by atoms with Crippen molar-refractivity contribution >= 4 is 12.0 Å². The highest BCUT2D eigenvalue weighted by Crippen LogP contribution is 2.29. The zero-order valence-electron chi connectivity index (χ0n) is 14.0. The molecule has 0 aliphatic carbocycles. The van der Waals surface area contributed by atoms with Crippen molar-refractivity contribution < 1.29 is 37.3 Å². The molecule has 1 fully saturated rings. The quantitative estimate of drug-likeness (QED) is 0.795. The van der Waals surface area contributed by atoms with Crippen LogP contribution in [0.1, 0.15) is 12.0 Å². The van der Waals surface area contributed by atoms with Gasteiger partial charge in [-0.15, -0.1) is 0 Å². The van der Waals surface area contributed by atoms with Crippen LogP contribution in [-0.2, 0) is 11.3 Å². The molecule has 0 spiro atoms. The predicted molar refractivity (Wildman–Crippen MR) is 84.1 cm³/mol. The number of carboxylic acids is 1. The van der Waals surface area contributed by atoms with Gasteiger partial charge in [-0.3, -0.25) is 4.79 Å². The zero-order valence-corrected chi connectivity index (χ0v) is 14.0. The molecule has 0 saturated carbocycles. The second kappa shape index (κ2) is 8.15. The number of halogens is 3. The Kier molecular flexibility index (Phi) is 6.17. The van der Waals surface area contributed by atoms with Crippen molar-refractivity contribution in [1.82, 2.24) is 10.2 Å². The van der Waals surface area contributed by atoms with Gasteiger partial charge in [-0.05, 0) is 24.1 Å². The molecule has 1 unspecified atom stereocenters. The number of benzene rings is 1. The van der Waals surface area contributed by atoms with E-state index in [1.54, 1.807) is 0 Å². The zero-order chi connectivity index (χ0) is 19.3. The summed E-state index contributed by atoms with van der Waals surface area (Å²) in [6.45, 7) is -0.812. The maximum absolute atomic E-state index is 12.2. The van der Waals surface area contributed by atoms with Crippen molar-refractivity contribution in [3.8, 4) is 11.5 Å². The monoisotopic (exact) mass is 376 g/mol. The van der Waals surface area contributed by atoms with E-state index < -0.39 is 30.7 Å². The van der Waals surface area contributed by atoms with Gasteiger partial charge in [-0.25, -0.2) is 4.79 Å². The van der Waals surface area contributed by atoms with Crippen LogP contribution in [0, 0.1) is 5.92 Å². The first-order valence-corrected chi connectivity index (χ1v) is 7.81. The van der Waals surface area contributed by atoms with E-state index in [-0.39, 0.29) is 24.6 Å². The number of carbonyl (C=O) groups is 2. The molecule has 1 atom stereocenters. The third-order valence-corrected chi connectivity index (χ3v) is 3.89. The molecule has 0 radical (unpaired) electrons. The van der Waals surface area contributed by atoms with Gasteiger partial charge in [0.2, 0.25) is 0 Å². The van der Waals surface area contributed by atoms with E-state index in [9.17, 15) is 22.8 Å². The highest BCUT2D eigenvalue weighted by Gasteiger charge is 2.31. The molecule has 0 bridgehead atoms. The summed E-state index contributed by atoms with van der Waals surface area (Å²) in [5.74, 6) is -1.43. The summed E-state index contributed by atoms with van der Waals surface area (Å²) in [5, 5.41) is 11.6. The Balaban J connectivity index is 1.91. The summed E-state index contributed by atoms with van der Waals surface area (Å²) in [7, 11) is 1.30. The molecular weight excluding hydrogens is 357 g/mol. The number of urea groups is 1. The molecule has 144 valence electrons. The van der Waals surface area contributed by atoms with Crippen molar-refractivity contribution in [3.63, 3.8) is 0 Å². The van der Waals surface area contributed by atoms with Crippen LogP contribution < -0.4 is 14.8 Å². The molecule has 7 nitrogen and oxygen atoms in total. The van der Waals surface area contributed by atoms with E-state index in [4.69, 9.17) is 9.84 Å². The fourth-order valence-corrected chi connectivity index (χ4v) is 2.54. The molecule has 10 heteroatoms. The summed E-state index contributed by atoms with van der Waals surface area (Å²) in [5.41, 5.74) is 0.601. The van der Waals surface area contributed by atoms with Gasteiger partial charge >= 0.3 is 18.2 Å². The molecule has 26 heavy (non-hydrogen) atoms. The Bertz CT molecular complexity index is 666. The third kappa shape index (κ3) is 5.43. The Hall–Kier alpha value is -2.65. The van der Waals surface area contributed by atoms with Gasteiger partial charge in [-0.1, -0.05) is 6.07 Å². The van der Waals surface area contributed by atoms with Gasteiger partial charge in [0.15, 0.2) is 18.1 Å². The number of carboxylic acid groups (broad SMARTS) is 1. The van der Waals surface area contributed by atoms with E-state index in [2.05, 4.69) is 10.1 Å². The minimum absolute atomic E-state index is 0.0521. The first-order chi connectivity index (χ1) is 12.2. The molecule has 2 N–H and O–H groups in total.